The van der Waals surface area contributed by atoms with Gasteiger partial charge in [-0.2, -0.15) is 0 Å². The first-order chi connectivity index (χ1) is 3.73. The van der Waals surface area contributed by atoms with E-state index in [1.54, 1.807) is 0 Å². The fraction of sp³-hybridized carbons (Fsp3) is 0. The molecule has 0 spiro atoms. The summed E-state index contributed by atoms with van der Waals surface area (Å²) in [5.74, 6) is 0. The molecule has 0 aliphatic rings. The van der Waals surface area contributed by atoms with Gasteiger partial charge in [0.25, 0.3) is 0 Å². The van der Waals surface area contributed by atoms with Gasteiger partial charge in [-0.3, -0.25) is 8.42 Å². The molecular weight excluding hydrogens is 195 g/mol. The molecule has 0 aromatic rings. The average Bonchev–Trinajstić information content (AvgIpc) is 1.19. The summed E-state index contributed by atoms with van der Waals surface area (Å²) in [6.07, 6.45) is 0. The van der Waals surface area contributed by atoms with Crippen molar-refractivity contribution < 1.29 is 32.6 Å². The molecule has 0 aromatic carbocycles. The summed E-state index contributed by atoms with van der Waals surface area (Å²) in [6.45, 7) is 0. The molecule has 0 radical (unpaired) electrons. The van der Waals surface area contributed by atoms with Gasteiger partial charge in [0.2, 0.25) is 0 Å². The Hall–Kier alpha value is 1.07. The van der Waals surface area contributed by atoms with Crippen LogP contribution in [-0.2, 0) is 10.4 Å². The van der Waals surface area contributed by atoms with E-state index in [1.807, 2.05) is 0 Å². The molecular formula is H3BCaO7S. The van der Waals surface area contributed by atoms with E-state index in [0.717, 1.165) is 0 Å². The topological polar surface area (TPSA) is 141 Å². The summed E-state index contributed by atoms with van der Waals surface area (Å²) >= 11 is 0. The van der Waals surface area contributed by atoms with Crippen LogP contribution in [0.25, 0.3) is 0 Å². The van der Waals surface area contributed by atoms with Crippen LogP contribution in [0.15, 0.2) is 0 Å². The van der Waals surface area contributed by atoms with Gasteiger partial charge in [0.1, 0.15) is 0 Å². The van der Waals surface area contributed by atoms with Crippen molar-refractivity contribution in [2.45, 2.75) is 0 Å². The Balaban J connectivity index is -0.0000000910. The van der Waals surface area contributed by atoms with Crippen LogP contribution in [0.2, 0.25) is 0 Å². The molecule has 0 aromatic heterocycles. The number of hydrogen-bond donors (Lipinski definition) is 3. The molecule has 0 saturated heterocycles. The minimum atomic E-state index is -5.17. The monoisotopic (exact) mass is 198 g/mol. The van der Waals surface area contributed by atoms with Gasteiger partial charge in [0.05, 0.1) is 0 Å². The fourth-order valence-electron chi connectivity index (χ4n) is 0. The van der Waals surface area contributed by atoms with Gasteiger partial charge in [-0.05, 0) is 0 Å². The minimum absolute atomic E-state index is 0. The second-order valence-electron chi connectivity index (χ2n) is 0.755. The standard InChI is InChI=1S/BH3O3.Ca.H2O4S/c2-1(3)4;;1-5(2,3)4/h2-4H;;(H2,1,2,3,4)/q;+2;/p-2. The Bertz CT molecular complexity index is 125. The molecule has 0 aliphatic carbocycles. The molecule has 0 amide bonds. The molecule has 0 bridgehead atoms. The van der Waals surface area contributed by atoms with E-state index in [-0.39, 0.29) is 37.7 Å². The molecule has 0 heterocycles. The molecule has 0 fully saturated rings. The van der Waals surface area contributed by atoms with Crippen molar-refractivity contribution in [3.63, 3.8) is 0 Å². The Labute approximate surface area is 87.4 Å². The summed E-state index contributed by atoms with van der Waals surface area (Å²) in [4.78, 5) is 0. The third kappa shape index (κ3) is 512. The Morgan fingerprint density at radius 3 is 1.10 bits per heavy atom. The van der Waals surface area contributed by atoms with Crippen LogP contribution in [0.5, 0.6) is 0 Å². The Kier molecular flexibility index (Phi) is 14.1. The minimum Gasteiger partial charge on any atom is -0.759 e. The van der Waals surface area contributed by atoms with E-state index in [1.165, 1.54) is 0 Å². The molecule has 56 valence electrons. The summed E-state index contributed by atoms with van der Waals surface area (Å²) < 4.78 is 34.1. The quantitative estimate of drug-likeness (QED) is 0.206. The van der Waals surface area contributed by atoms with Crippen molar-refractivity contribution in [1.29, 1.82) is 0 Å². The van der Waals surface area contributed by atoms with Crippen LogP contribution >= 0.6 is 0 Å². The molecule has 3 N–H and O–H groups in total. The first kappa shape index (κ1) is 17.2. The van der Waals surface area contributed by atoms with E-state index < -0.39 is 17.7 Å². The van der Waals surface area contributed by atoms with Crippen molar-refractivity contribution in [3.8, 4) is 0 Å². The van der Waals surface area contributed by atoms with E-state index in [4.69, 9.17) is 32.6 Å². The predicted octanol–water partition coefficient (Wildman–Crippen LogP) is -3.77. The summed E-state index contributed by atoms with van der Waals surface area (Å²) in [5.41, 5.74) is 0. The van der Waals surface area contributed by atoms with E-state index in [9.17, 15) is 0 Å². The van der Waals surface area contributed by atoms with Gasteiger partial charge < -0.3 is 24.2 Å². The largest absolute Gasteiger partial charge is 2.00 e. The average molecular weight is 198 g/mol. The van der Waals surface area contributed by atoms with Crippen molar-refractivity contribution in [2.75, 3.05) is 0 Å². The first-order valence-corrected chi connectivity index (χ1v) is 2.77. The molecule has 10 heavy (non-hydrogen) atoms. The maximum Gasteiger partial charge on any atom is 2.00 e. The third-order valence-electron chi connectivity index (χ3n) is 0. The van der Waals surface area contributed by atoms with Gasteiger partial charge in [-0.15, -0.1) is 0 Å². The molecule has 0 rings (SSSR count). The molecule has 0 saturated carbocycles. The molecule has 0 aliphatic heterocycles. The van der Waals surface area contributed by atoms with Crippen molar-refractivity contribution in [1.82, 2.24) is 0 Å². The van der Waals surface area contributed by atoms with Gasteiger partial charge in [0.15, 0.2) is 0 Å². The molecule has 7 nitrogen and oxygen atoms in total. The fourth-order valence-corrected chi connectivity index (χ4v) is 0. The van der Waals surface area contributed by atoms with Gasteiger partial charge in [0, 0.05) is 10.4 Å². The number of rotatable bonds is 0. The summed E-state index contributed by atoms with van der Waals surface area (Å²) in [7, 11) is -7.33. The number of hydrogen-bond acceptors (Lipinski definition) is 7. The molecule has 0 atom stereocenters. The van der Waals surface area contributed by atoms with Crippen LogP contribution in [0.3, 0.4) is 0 Å². The van der Waals surface area contributed by atoms with E-state index in [0.29, 0.717) is 0 Å². The van der Waals surface area contributed by atoms with Crippen molar-refractivity contribution >= 4 is 55.5 Å². The van der Waals surface area contributed by atoms with Gasteiger partial charge in [-0.1, -0.05) is 0 Å². The summed E-state index contributed by atoms with van der Waals surface area (Å²) in [5, 5.41) is 21.5. The second kappa shape index (κ2) is 8.17. The van der Waals surface area contributed by atoms with Crippen LogP contribution in [0.1, 0.15) is 0 Å². The van der Waals surface area contributed by atoms with E-state index >= 15 is 0 Å². The maximum atomic E-state index is 8.52. The van der Waals surface area contributed by atoms with Crippen LogP contribution < -0.4 is 0 Å². The second-order valence-corrected chi connectivity index (χ2v) is 1.57. The van der Waals surface area contributed by atoms with E-state index in [2.05, 4.69) is 0 Å². The summed E-state index contributed by atoms with van der Waals surface area (Å²) in [6, 6.07) is 0. The van der Waals surface area contributed by atoms with Crippen LogP contribution in [-0.4, -0.2) is 77.7 Å². The smallest absolute Gasteiger partial charge is 0.759 e. The predicted molar refractivity (Wildman–Crippen MR) is 28.6 cm³/mol. The van der Waals surface area contributed by atoms with Crippen molar-refractivity contribution in [2.24, 2.45) is 0 Å². The zero-order valence-corrected chi connectivity index (χ0v) is 7.69. The maximum absolute atomic E-state index is 8.52. The zero-order valence-electron chi connectivity index (χ0n) is 4.67. The normalized spacial score (nSPS) is 8.50. The Morgan fingerprint density at radius 2 is 1.10 bits per heavy atom. The molecule has 10 heteroatoms. The van der Waals surface area contributed by atoms with Crippen molar-refractivity contribution in [3.05, 3.63) is 0 Å². The molecule has 0 unspecified atom stereocenters. The zero-order chi connectivity index (χ0) is 8.08. The first-order valence-electron chi connectivity index (χ1n) is 1.44. The van der Waals surface area contributed by atoms with Crippen LogP contribution in [0, 0.1) is 0 Å². The van der Waals surface area contributed by atoms with Gasteiger partial charge in [-0.25, -0.2) is 0 Å². The third-order valence-corrected chi connectivity index (χ3v) is 0. The van der Waals surface area contributed by atoms with Crippen LogP contribution in [0.4, 0.5) is 0 Å². The van der Waals surface area contributed by atoms with Gasteiger partial charge >= 0.3 is 45.1 Å². The Morgan fingerprint density at radius 1 is 1.10 bits per heavy atom. The SMILES string of the molecule is O=S(=O)([O-])[O-].OB(O)O.[Ca+2].